The lowest BCUT2D eigenvalue weighted by Crippen LogP contribution is -2.49. The van der Waals surface area contributed by atoms with Gasteiger partial charge in [0.15, 0.2) is 11.6 Å². The van der Waals surface area contributed by atoms with Crippen LogP contribution in [0.15, 0.2) is 24.3 Å². The van der Waals surface area contributed by atoms with Gasteiger partial charge in [-0.2, -0.15) is 0 Å². The number of Topliss-reactive ketones (excluding diaryl/α,β-unsaturated/α-hetero) is 3. The number of unbranched alkanes of at least 4 members (excludes halogenated alkanes) is 1. The van der Waals surface area contributed by atoms with Crippen molar-refractivity contribution in [2.24, 2.45) is 17.4 Å². The highest BCUT2D eigenvalue weighted by molar-refractivity contribution is 5.94. The normalized spacial score (nSPS) is 13.5. The highest BCUT2D eigenvalue weighted by Gasteiger charge is 2.27. The molecule has 0 radical (unpaired) electrons. The van der Waals surface area contributed by atoms with Crippen LogP contribution >= 0.6 is 0 Å². The Kier molecular flexibility index (Phi) is 23.9. The van der Waals surface area contributed by atoms with Crippen LogP contribution in [0.25, 0.3) is 0 Å². The lowest BCUT2D eigenvalue weighted by molar-refractivity contribution is -0.131. The molecule has 0 aliphatic heterocycles. The average Bonchev–Trinajstić information content (AvgIpc) is 3.09. The summed E-state index contributed by atoms with van der Waals surface area (Å²) in [6, 6.07) is 3.22. The number of carbonyl (C=O) groups is 6. The molecule has 4 atom stereocenters. The van der Waals surface area contributed by atoms with E-state index >= 15 is 0 Å². The number of aliphatic hydroxyl groups excluding tert-OH is 1. The number of amides is 3. The van der Waals surface area contributed by atoms with Gasteiger partial charge in [0.05, 0.1) is 38.4 Å². The number of nitrogens with one attached hydrogen (secondary N) is 3. The van der Waals surface area contributed by atoms with E-state index in [4.69, 9.17) is 25.7 Å². The number of phenolic OH excluding ortho intramolecular Hbond substituents is 1. The number of ketones is 3. The third kappa shape index (κ3) is 21.2. The summed E-state index contributed by atoms with van der Waals surface area (Å²) in [6.45, 7) is 4.28. The minimum atomic E-state index is -1.13. The molecular formula is C35H57N5O11. The molecule has 1 rings (SSSR count). The van der Waals surface area contributed by atoms with E-state index in [9.17, 15) is 39.0 Å². The highest BCUT2D eigenvalue weighted by atomic mass is 16.5. The molecule has 16 heteroatoms. The zero-order chi connectivity index (χ0) is 38.0. The van der Waals surface area contributed by atoms with Crippen molar-refractivity contribution in [2.75, 3.05) is 59.3 Å². The molecular weight excluding hydrogens is 666 g/mol. The highest BCUT2D eigenvalue weighted by Crippen LogP contribution is 2.16. The number of benzene rings is 1. The quantitative estimate of drug-likeness (QED) is 0.0475. The van der Waals surface area contributed by atoms with Gasteiger partial charge in [0.2, 0.25) is 17.7 Å². The van der Waals surface area contributed by atoms with Crippen LogP contribution in [-0.2, 0) is 49.4 Å². The van der Waals surface area contributed by atoms with Crippen LogP contribution in [0.5, 0.6) is 5.75 Å². The number of phenols is 1. The van der Waals surface area contributed by atoms with Gasteiger partial charge in [-0.3, -0.25) is 34.1 Å². The Morgan fingerprint density at radius 2 is 1.57 bits per heavy atom. The molecule has 0 aliphatic carbocycles. The molecule has 0 unspecified atom stereocenters. The second kappa shape index (κ2) is 26.9. The van der Waals surface area contributed by atoms with E-state index < -0.39 is 48.2 Å². The largest absolute Gasteiger partial charge is 0.508 e. The smallest absolute Gasteiger partial charge is 0.245 e. The molecule has 0 aliphatic rings. The Morgan fingerprint density at radius 3 is 2.24 bits per heavy atom. The van der Waals surface area contributed by atoms with Crippen LogP contribution in [0.1, 0.15) is 64.4 Å². The minimum Gasteiger partial charge on any atom is -0.508 e. The maximum atomic E-state index is 13.1. The van der Waals surface area contributed by atoms with Crippen molar-refractivity contribution in [3.63, 3.8) is 0 Å². The number of hydrogen-bond acceptors (Lipinski definition) is 13. The summed E-state index contributed by atoms with van der Waals surface area (Å²) in [7, 11) is 0. The van der Waals surface area contributed by atoms with Crippen LogP contribution in [0.3, 0.4) is 0 Å². The Hall–Kier alpha value is -3.80. The topological polar surface area (TPSA) is 259 Å². The van der Waals surface area contributed by atoms with Crippen molar-refractivity contribution in [1.29, 1.82) is 0 Å². The van der Waals surface area contributed by atoms with Gasteiger partial charge in [0.25, 0.3) is 0 Å². The van der Waals surface area contributed by atoms with Crippen molar-refractivity contribution in [3.05, 3.63) is 29.8 Å². The number of primary amides is 1. The summed E-state index contributed by atoms with van der Waals surface area (Å²) in [5, 5.41) is 26.7. The first-order valence-corrected chi connectivity index (χ1v) is 17.4. The maximum absolute atomic E-state index is 13.1. The monoisotopic (exact) mass is 723 g/mol. The first-order chi connectivity index (χ1) is 24.4. The fourth-order valence-corrected chi connectivity index (χ4v) is 4.75. The van der Waals surface area contributed by atoms with Gasteiger partial charge in [0, 0.05) is 38.5 Å². The zero-order valence-corrected chi connectivity index (χ0v) is 29.9. The molecule has 51 heavy (non-hydrogen) atoms. The van der Waals surface area contributed by atoms with Crippen molar-refractivity contribution in [1.82, 2.24) is 16.0 Å². The van der Waals surface area contributed by atoms with Gasteiger partial charge in [-0.15, -0.1) is 0 Å². The molecule has 1 aromatic rings. The van der Waals surface area contributed by atoms with Gasteiger partial charge >= 0.3 is 0 Å². The van der Waals surface area contributed by atoms with E-state index in [1.54, 1.807) is 12.1 Å². The number of nitrogens with two attached hydrogens (primary N) is 2. The summed E-state index contributed by atoms with van der Waals surface area (Å²) in [6.07, 6.45) is 3.07. The Bertz CT molecular complexity index is 1220. The third-order valence-corrected chi connectivity index (χ3v) is 7.78. The second-order valence-corrected chi connectivity index (χ2v) is 12.3. The van der Waals surface area contributed by atoms with Gasteiger partial charge in [-0.1, -0.05) is 25.5 Å². The van der Waals surface area contributed by atoms with Crippen LogP contribution in [-0.4, -0.2) is 123 Å². The zero-order valence-electron chi connectivity index (χ0n) is 29.9. The summed E-state index contributed by atoms with van der Waals surface area (Å²) in [5.74, 6) is -3.14. The molecule has 0 aromatic heterocycles. The number of aliphatic hydroxyl groups is 1. The minimum absolute atomic E-state index is 0.0319. The Balaban J connectivity index is 2.47. The number of aromatic hydroxyl groups is 1. The van der Waals surface area contributed by atoms with Crippen molar-refractivity contribution < 1.29 is 53.2 Å². The SMILES string of the molecule is CCCOCC(=O)CCCOCCOCC(=O)NCCCC[C@H](CC(=O)[C@H](C)NC(=O)[C@@H](N)Cc1ccc(O)cc1)C(=O)CN[C@@H](CO)C(N)=O. The van der Waals surface area contributed by atoms with E-state index in [1.165, 1.54) is 19.1 Å². The van der Waals surface area contributed by atoms with E-state index in [0.29, 0.717) is 45.4 Å². The van der Waals surface area contributed by atoms with E-state index in [0.717, 1.165) is 12.0 Å². The number of rotatable bonds is 31. The maximum Gasteiger partial charge on any atom is 0.245 e. The first-order valence-electron chi connectivity index (χ1n) is 17.4. The van der Waals surface area contributed by atoms with Gasteiger partial charge in [0.1, 0.15) is 30.8 Å². The van der Waals surface area contributed by atoms with Crippen LogP contribution in [0, 0.1) is 5.92 Å². The molecule has 0 spiro atoms. The molecule has 0 saturated carbocycles. The van der Waals surface area contributed by atoms with E-state index in [1.807, 2.05) is 6.92 Å². The predicted molar refractivity (Wildman–Crippen MR) is 187 cm³/mol. The Morgan fingerprint density at radius 1 is 0.882 bits per heavy atom. The van der Waals surface area contributed by atoms with Crippen molar-refractivity contribution >= 4 is 35.1 Å². The standard InChI is InChI=1S/C35H57N5O11/c1-3-14-50-22-28(43)8-6-15-49-16-17-51-23-33(46)38-13-5-4-7-26(32(45)20-39-30(21-41)34(37)47)19-31(44)24(2)40-35(48)29(36)18-25-9-11-27(42)12-10-25/h9-12,24,26,29-30,39,41-42H,3-8,13-23,36H2,1-2H3,(H2,37,47)(H,38,46)(H,40,48)/t24-,26+,29-,30-/m0/s1. The van der Waals surface area contributed by atoms with Crippen LogP contribution in [0.2, 0.25) is 0 Å². The fraction of sp³-hybridized carbons (Fsp3) is 0.657. The molecule has 16 nitrogen and oxygen atoms in total. The molecule has 0 saturated heterocycles. The van der Waals surface area contributed by atoms with Gasteiger partial charge in [-0.25, -0.2) is 0 Å². The number of carbonyl (C=O) groups excluding carboxylic acids is 6. The molecule has 0 heterocycles. The van der Waals surface area contributed by atoms with Crippen molar-refractivity contribution in [2.45, 2.75) is 83.3 Å². The second-order valence-electron chi connectivity index (χ2n) is 12.3. The van der Waals surface area contributed by atoms with Gasteiger partial charge in [-0.05, 0) is 56.7 Å². The Labute approximate surface area is 299 Å². The molecule has 288 valence electrons. The van der Waals surface area contributed by atoms with E-state index in [2.05, 4.69) is 16.0 Å². The third-order valence-electron chi connectivity index (χ3n) is 7.78. The number of hydrogen-bond donors (Lipinski definition) is 7. The molecule has 3 amide bonds. The van der Waals surface area contributed by atoms with Crippen LogP contribution in [0.4, 0.5) is 0 Å². The summed E-state index contributed by atoms with van der Waals surface area (Å²) in [5.41, 5.74) is 12.0. The molecule has 0 bridgehead atoms. The average molecular weight is 724 g/mol. The van der Waals surface area contributed by atoms with E-state index in [-0.39, 0.29) is 75.5 Å². The lowest BCUT2D eigenvalue weighted by atomic mass is 9.90. The molecule has 0 fully saturated rings. The molecule has 9 N–H and O–H groups in total. The predicted octanol–water partition coefficient (Wildman–Crippen LogP) is -0.557. The van der Waals surface area contributed by atoms with Gasteiger partial charge < -0.3 is 46.5 Å². The van der Waals surface area contributed by atoms with Crippen LogP contribution < -0.4 is 27.4 Å². The van der Waals surface area contributed by atoms with Crippen molar-refractivity contribution in [3.8, 4) is 5.75 Å². The first kappa shape index (κ1) is 45.2. The number of ether oxygens (including phenoxy) is 3. The summed E-state index contributed by atoms with van der Waals surface area (Å²) in [4.78, 5) is 74.1. The lowest BCUT2D eigenvalue weighted by Gasteiger charge is -2.21. The molecule has 1 aromatic carbocycles. The fourth-order valence-electron chi connectivity index (χ4n) is 4.75. The summed E-state index contributed by atoms with van der Waals surface area (Å²) >= 11 is 0. The summed E-state index contributed by atoms with van der Waals surface area (Å²) < 4.78 is 15.9.